The normalized spacial score (nSPS) is 10.8. The van der Waals surface area contributed by atoms with E-state index in [1.54, 1.807) is 29.9 Å². The van der Waals surface area contributed by atoms with Gasteiger partial charge in [0.05, 0.1) is 18.6 Å². The minimum absolute atomic E-state index is 0.188. The minimum atomic E-state index is -0.188. The Kier molecular flexibility index (Phi) is 5.42. The van der Waals surface area contributed by atoms with E-state index >= 15 is 0 Å². The fraction of sp³-hybridized carbons (Fsp3) is 0.111. The molecule has 0 saturated heterocycles. The van der Waals surface area contributed by atoms with Crippen LogP contribution in [0, 0.1) is 0 Å². The lowest BCUT2D eigenvalue weighted by Gasteiger charge is -2.11. The number of hydrogen-bond donors (Lipinski definition) is 1. The van der Waals surface area contributed by atoms with Crippen LogP contribution in [0.2, 0.25) is 0 Å². The Balaban J connectivity index is 1.57. The molecular formula is C18H17N3O2S. The molecule has 1 N–H and O–H groups in total. The third-order valence-corrected chi connectivity index (χ3v) is 3.98. The SMILES string of the molecule is O=C(/C=C/c1ccsc1)Nc1ccccc1OCCn1ccnc1. The van der Waals surface area contributed by atoms with Gasteiger partial charge in [-0.2, -0.15) is 11.3 Å². The molecule has 0 radical (unpaired) electrons. The summed E-state index contributed by atoms with van der Waals surface area (Å²) in [5, 5.41) is 6.81. The monoisotopic (exact) mass is 339 g/mol. The van der Waals surface area contributed by atoms with Gasteiger partial charge in [-0.3, -0.25) is 4.79 Å². The molecule has 0 spiro atoms. The second-order valence-electron chi connectivity index (χ2n) is 5.02. The third-order valence-electron chi connectivity index (χ3n) is 3.28. The number of thiophene rings is 1. The summed E-state index contributed by atoms with van der Waals surface area (Å²) in [7, 11) is 0. The Morgan fingerprint density at radius 3 is 3.04 bits per heavy atom. The molecule has 3 rings (SSSR count). The lowest BCUT2D eigenvalue weighted by Crippen LogP contribution is -2.11. The Morgan fingerprint density at radius 2 is 2.25 bits per heavy atom. The van der Waals surface area contributed by atoms with Gasteiger partial charge in [0.25, 0.3) is 0 Å². The number of anilines is 1. The fourth-order valence-corrected chi connectivity index (χ4v) is 2.72. The van der Waals surface area contributed by atoms with Crippen molar-refractivity contribution in [1.82, 2.24) is 9.55 Å². The minimum Gasteiger partial charge on any atom is -0.490 e. The molecule has 5 nitrogen and oxygen atoms in total. The van der Waals surface area contributed by atoms with Gasteiger partial charge in [0, 0.05) is 18.5 Å². The zero-order valence-electron chi connectivity index (χ0n) is 13.0. The van der Waals surface area contributed by atoms with Crippen molar-refractivity contribution in [2.45, 2.75) is 6.54 Å². The highest BCUT2D eigenvalue weighted by Gasteiger charge is 2.05. The summed E-state index contributed by atoms with van der Waals surface area (Å²) in [4.78, 5) is 16.0. The van der Waals surface area contributed by atoms with Crippen molar-refractivity contribution in [1.29, 1.82) is 0 Å². The first-order valence-corrected chi connectivity index (χ1v) is 8.44. The van der Waals surface area contributed by atoms with Crippen LogP contribution < -0.4 is 10.1 Å². The summed E-state index contributed by atoms with van der Waals surface area (Å²) in [5.41, 5.74) is 1.67. The maximum Gasteiger partial charge on any atom is 0.248 e. The maximum absolute atomic E-state index is 12.1. The van der Waals surface area contributed by atoms with Crippen molar-refractivity contribution in [3.05, 3.63) is 71.5 Å². The van der Waals surface area contributed by atoms with E-state index in [9.17, 15) is 4.79 Å². The summed E-state index contributed by atoms with van der Waals surface area (Å²) in [6, 6.07) is 9.36. The van der Waals surface area contributed by atoms with E-state index in [1.807, 2.05) is 51.9 Å². The van der Waals surface area contributed by atoms with Crippen LogP contribution in [0.1, 0.15) is 5.56 Å². The smallest absolute Gasteiger partial charge is 0.248 e. The van der Waals surface area contributed by atoms with Crippen LogP contribution in [-0.2, 0) is 11.3 Å². The van der Waals surface area contributed by atoms with E-state index in [4.69, 9.17) is 4.74 Å². The number of amides is 1. The molecule has 0 bridgehead atoms. The van der Waals surface area contributed by atoms with Crippen molar-refractivity contribution < 1.29 is 9.53 Å². The van der Waals surface area contributed by atoms with Crippen molar-refractivity contribution in [2.24, 2.45) is 0 Å². The second kappa shape index (κ2) is 8.12. The van der Waals surface area contributed by atoms with Gasteiger partial charge in [-0.15, -0.1) is 0 Å². The number of hydrogen-bond acceptors (Lipinski definition) is 4. The van der Waals surface area contributed by atoms with Crippen molar-refractivity contribution in [2.75, 3.05) is 11.9 Å². The van der Waals surface area contributed by atoms with Crippen molar-refractivity contribution in [3.8, 4) is 5.75 Å². The molecule has 0 unspecified atom stereocenters. The fourth-order valence-electron chi connectivity index (χ4n) is 2.09. The summed E-state index contributed by atoms with van der Waals surface area (Å²) in [5.74, 6) is 0.460. The first-order chi connectivity index (χ1) is 11.8. The number of carbonyl (C=O) groups is 1. The summed E-state index contributed by atoms with van der Waals surface area (Å²) < 4.78 is 7.71. The van der Waals surface area contributed by atoms with Crippen LogP contribution in [0.4, 0.5) is 5.69 Å². The van der Waals surface area contributed by atoms with Gasteiger partial charge in [-0.1, -0.05) is 12.1 Å². The van der Waals surface area contributed by atoms with Crippen molar-refractivity contribution >= 4 is 29.0 Å². The lowest BCUT2D eigenvalue weighted by molar-refractivity contribution is -0.111. The molecule has 6 heteroatoms. The van der Waals surface area contributed by atoms with Crippen LogP contribution >= 0.6 is 11.3 Å². The Morgan fingerprint density at radius 1 is 1.33 bits per heavy atom. The highest BCUT2D eigenvalue weighted by atomic mass is 32.1. The van der Waals surface area contributed by atoms with Crippen LogP contribution in [0.5, 0.6) is 5.75 Å². The first kappa shape index (κ1) is 16.0. The highest BCUT2D eigenvalue weighted by Crippen LogP contribution is 2.23. The topological polar surface area (TPSA) is 56.1 Å². The molecule has 0 atom stereocenters. The second-order valence-corrected chi connectivity index (χ2v) is 5.80. The summed E-state index contributed by atoms with van der Waals surface area (Å²) in [6.07, 6.45) is 8.66. The number of benzene rings is 1. The number of para-hydroxylation sites is 2. The largest absolute Gasteiger partial charge is 0.490 e. The molecule has 0 saturated carbocycles. The number of carbonyl (C=O) groups excluding carboxylic acids is 1. The number of nitrogens with zero attached hydrogens (tertiary/aromatic N) is 2. The van der Waals surface area contributed by atoms with E-state index < -0.39 is 0 Å². The average Bonchev–Trinajstić information content (AvgIpc) is 3.28. The van der Waals surface area contributed by atoms with E-state index in [2.05, 4.69) is 10.3 Å². The Labute approximate surface area is 144 Å². The van der Waals surface area contributed by atoms with Gasteiger partial charge in [0.2, 0.25) is 5.91 Å². The molecule has 122 valence electrons. The Bertz CT molecular complexity index is 796. The summed E-state index contributed by atoms with van der Waals surface area (Å²) in [6.45, 7) is 1.19. The Hall–Kier alpha value is -2.86. The molecule has 1 amide bonds. The van der Waals surface area contributed by atoms with Crippen LogP contribution in [0.15, 0.2) is 65.9 Å². The van der Waals surface area contributed by atoms with Crippen LogP contribution in [-0.4, -0.2) is 22.1 Å². The average molecular weight is 339 g/mol. The molecule has 1 aromatic carbocycles. The van der Waals surface area contributed by atoms with E-state index in [1.165, 1.54) is 6.08 Å². The number of aromatic nitrogens is 2. The van der Waals surface area contributed by atoms with Crippen molar-refractivity contribution in [3.63, 3.8) is 0 Å². The zero-order chi connectivity index (χ0) is 16.6. The predicted molar refractivity (Wildman–Crippen MR) is 96.1 cm³/mol. The predicted octanol–water partition coefficient (Wildman–Crippen LogP) is 3.68. The summed E-state index contributed by atoms with van der Waals surface area (Å²) >= 11 is 1.60. The molecule has 0 fully saturated rings. The van der Waals surface area contributed by atoms with Crippen LogP contribution in [0.25, 0.3) is 6.08 Å². The first-order valence-electron chi connectivity index (χ1n) is 7.50. The third kappa shape index (κ3) is 4.57. The number of nitrogens with one attached hydrogen (secondary N) is 1. The van der Waals surface area contributed by atoms with Gasteiger partial charge in [0.1, 0.15) is 12.4 Å². The van der Waals surface area contributed by atoms with E-state index in [0.29, 0.717) is 24.6 Å². The number of rotatable bonds is 7. The molecule has 0 aliphatic carbocycles. The molecule has 0 aliphatic rings. The number of ether oxygens (including phenoxy) is 1. The van der Waals surface area contributed by atoms with Crippen LogP contribution in [0.3, 0.4) is 0 Å². The molecule has 0 aliphatic heterocycles. The van der Waals surface area contributed by atoms with E-state index in [0.717, 1.165) is 5.56 Å². The van der Waals surface area contributed by atoms with Gasteiger partial charge in [0.15, 0.2) is 0 Å². The molecule has 2 heterocycles. The highest BCUT2D eigenvalue weighted by molar-refractivity contribution is 7.08. The number of imidazole rings is 1. The quantitative estimate of drug-likeness (QED) is 0.668. The lowest BCUT2D eigenvalue weighted by atomic mass is 10.2. The zero-order valence-corrected chi connectivity index (χ0v) is 13.8. The van der Waals surface area contributed by atoms with Gasteiger partial charge < -0.3 is 14.6 Å². The standard InChI is InChI=1S/C18H17N3O2S/c22-18(6-5-15-7-12-24-13-15)20-16-3-1-2-4-17(16)23-11-10-21-9-8-19-14-21/h1-9,12-14H,10-11H2,(H,20,22)/b6-5+. The molecule has 2 aromatic heterocycles. The molecule has 24 heavy (non-hydrogen) atoms. The van der Waals surface area contributed by atoms with Gasteiger partial charge in [-0.25, -0.2) is 4.98 Å². The maximum atomic E-state index is 12.1. The van der Waals surface area contributed by atoms with E-state index in [-0.39, 0.29) is 5.91 Å². The van der Waals surface area contributed by atoms with Gasteiger partial charge in [-0.05, 0) is 40.6 Å². The van der Waals surface area contributed by atoms with Gasteiger partial charge >= 0.3 is 0 Å². The molecule has 3 aromatic rings. The molecular weight excluding hydrogens is 322 g/mol.